The molecule has 0 bridgehead atoms. The Morgan fingerprint density at radius 1 is 1.07 bits per heavy atom. The predicted octanol–water partition coefficient (Wildman–Crippen LogP) is 3.12. The van der Waals surface area contributed by atoms with Crippen LogP contribution >= 0.6 is 0 Å². The van der Waals surface area contributed by atoms with Crippen molar-refractivity contribution in [3.63, 3.8) is 0 Å². The van der Waals surface area contributed by atoms with Crippen molar-refractivity contribution >= 4 is 5.96 Å². The van der Waals surface area contributed by atoms with Gasteiger partial charge in [0.1, 0.15) is 0 Å². The van der Waals surface area contributed by atoms with Crippen LogP contribution in [-0.4, -0.2) is 62.9 Å². The Kier molecular flexibility index (Phi) is 8.49. The van der Waals surface area contributed by atoms with Crippen LogP contribution < -0.4 is 20.1 Å². The highest BCUT2D eigenvalue weighted by Gasteiger charge is 2.23. The largest absolute Gasteiger partial charge is 0.502 e. The second kappa shape index (κ2) is 11.3. The first kappa shape index (κ1) is 22.5. The third-order valence-electron chi connectivity index (χ3n) is 6.39. The number of piperidine rings is 1. The highest BCUT2D eigenvalue weighted by atomic mass is 16.5. The third kappa shape index (κ3) is 6.17. The molecule has 3 rings (SSSR count). The fourth-order valence-electron chi connectivity index (χ4n) is 4.62. The minimum Gasteiger partial charge on any atom is -0.502 e. The lowest BCUT2D eigenvalue weighted by molar-refractivity contribution is 0.160. The van der Waals surface area contributed by atoms with Gasteiger partial charge in [0.2, 0.25) is 5.75 Å². The minimum atomic E-state index is 0.0197. The van der Waals surface area contributed by atoms with E-state index in [0.29, 0.717) is 24.1 Å². The van der Waals surface area contributed by atoms with Gasteiger partial charge in [-0.3, -0.25) is 4.99 Å². The number of guanidine groups is 1. The van der Waals surface area contributed by atoms with E-state index in [0.717, 1.165) is 43.4 Å². The molecule has 1 aromatic carbocycles. The van der Waals surface area contributed by atoms with Gasteiger partial charge in [0.05, 0.1) is 14.2 Å². The molecule has 1 aromatic rings. The smallest absolute Gasteiger partial charge is 0.200 e. The van der Waals surface area contributed by atoms with Gasteiger partial charge in [-0.05, 0) is 49.3 Å². The molecule has 2 aliphatic rings. The van der Waals surface area contributed by atoms with E-state index < -0.39 is 0 Å². The zero-order valence-corrected chi connectivity index (χ0v) is 18.7. The van der Waals surface area contributed by atoms with Gasteiger partial charge in [0.25, 0.3) is 0 Å². The Bertz CT molecular complexity index is 671. The van der Waals surface area contributed by atoms with Crippen LogP contribution in [0.3, 0.4) is 0 Å². The standard InChI is InChI=1S/C23H38N4O3/c1-24-23(25-15-18-13-20(29-2)22(28)21(14-18)30-3)26-19-9-11-27(12-10-19)16-17-7-5-4-6-8-17/h13-14,17,19,28H,4-12,15-16H2,1-3H3,(H2,24,25,26). The van der Waals surface area contributed by atoms with E-state index >= 15 is 0 Å². The van der Waals surface area contributed by atoms with Gasteiger partial charge >= 0.3 is 0 Å². The van der Waals surface area contributed by atoms with E-state index in [9.17, 15) is 5.11 Å². The van der Waals surface area contributed by atoms with Crippen molar-refractivity contribution in [1.82, 2.24) is 15.5 Å². The van der Waals surface area contributed by atoms with Crippen molar-refractivity contribution in [3.8, 4) is 17.2 Å². The number of hydrogen-bond acceptors (Lipinski definition) is 5. The molecule has 0 unspecified atom stereocenters. The number of phenols is 1. The fourth-order valence-corrected chi connectivity index (χ4v) is 4.62. The lowest BCUT2D eigenvalue weighted by Gasteiger charge is -2.36. The minimum absolute atomic E-state index is 0.0197. The molecule has 0 radical (unpaired) electrons. The zero-order valence-electron chi connectivity index (χ0n) is 18.7. The molecule has 1 heterocycles. The highest BCUT2D eigenvalue weighted by molar-refractivity contribution is 5.80. The van der Waals surface area contributed by atoms with Crippen LogP contribution in [0.1, 0.15) is 50.5 Å². The summed E-state index contributed by atoms with van der Waals surface area (Å²) >= 11 is 0. The summed E-state index contributed by atoms with van der Waals surface area (Å²) in [5.41, 5.74) is 0.951. The number of nitrogens with zero attached hydrogens (tertiary/aromatic N) is 2. The van der Waals surface area contributed by atoms with Crippen LogP contribution in [-0.2, 0) is 6.54 Å². The summed E-state index contributed by atoms with van der Waals surface area (Å²) in [6, 6.07) is 4.06. The van der Waals surface area contributed by atoms with Gasteiger partial charge in [0.15, 0.2) is 17.5 Å². The molecule has 2 fully saturated rings. The molecule has 7 nitrogen and oxygen atoms in total. The average Bonchev–Trinajstić information content (AvgIpc) is 2.79. The number of rotatable bonds is 7. The van der Waals surface area contributed by atoms with E-state index in [4.69, 9.17) is 9.47 Å². The highest BCUT2D eigenvalue weighted by Crippen LogP contribution is 2.37. The molecule has 0 aromatic heterocycles. The monoisotopic (exact) mass is 418 g/mol. The van der Waals surface area contributed by atoms with Gasteiger partial charge < -0.3 is 30.1 Å². The van der Waals surface area contributed by atoms with Gasteiger partial charge in [-0.25, -0.2) is 0 Å². The topological polar surface area (TPSA) is 78.4 Å². The molecule has 1 aliphatic carbocycles. The molecule has 1 aliphatic heterocycles. The first-order valence-corrected chi connectivity index (χ1v) is 11.3. The lowest BCUT2D eigenvalue weighted by atomic mass is 9.88. The van der Waals surface area contributed by atoms with Crippen LogP contribution in [0.25, 0.3) is 0 Å². The van der Waals surface area contributed by atoms with E-state index in [1.807, 2.05) is 12.1 Å². The summed E-state index contributed by atoms with van der Waals surface area (Å²) < 4.78 is 10.5. The molecule has 0 spiro atoms. The zero-order chi connectivity index (χ0) is 21.3. The summed E-state index contributed by atoms with van der Waals surface area (Å²) in [5, 5.41) is 17.0. The Morgan fingerprint density at radius 3 is 2.27 bits per heavy atom. The number of ether oxygens (including phenoxy) is 2. The predicted molar refractivity (Wildman–Crippen MR) is 121 cm³/mol. The maximum absolute atomic E-state index is 10.1. The maximum atomic E-state index is 10.1. The number of methoxy groups -OCH3 is 2. The molecule has 3 N–H and O–H groups in total. The normalized spacial score (nSPS) is 19.5. The molecule has 30 heavy (non-hydrogen) atoms. The van der Waals surface area contributed by atoms with Crippen LogP contribution in [0, 0.1) is 5.92 Å². The van der Waals surface area contributed by atoms with Crippen molar-refractivity contribution in [1.29, 1.82) is 0 Å². The van der Waals surface area contributed by atoms with Gasteiger partial charge in [-0.15, -0.1) is 0 Å². The average molecular weight is 419 g/mol. The van der Waals surface area contributed by atoms with Crippen molar-refractivity contribution in [2.24, 2.45) is 10.9 Å². The van der Waals surface area contributed by atoms with E-state index in [-0.39, 0.29) is 5.75 Å². The van der Waals surface area contributed by atoms with Gasteiger partial charge in [-0.2, -0.15) is 0 Å². The third-order valence-corrected chi connectivity index (χ3v) is 6.39. The van der Waals surface area contributed by atoms with E-state index in [2.05, 4.69) is 20.5 Å². The molecule has 1 saturated heterocycles. The first-order valence-electron chi connectivity index (χ1n) is 11.3. The van der Waals surface area contributed by atoms with Crippen molar-refractivity contribution in [2.45, 2.75) is 57.5 Å². The number of likely N-dealkylation sites (tertiary alicyclic amines) is 1. The molecular weight excluding hydrogens is 380 g/mol. The van der Waals surface area contributed by atoms with Crippen molar-refractivity contribution in [2.75, 3.05) is 40.9 Å². The number of phenolic OH excluding ortho intramolecular Hbond substituents is 1. The Balaban J connectivity index is 1.45. The summed E-state index contributed by atoms with van der Waals surface area (Å²) in [5.74, 6) is 2.54. The van der Waals surface area contributed by atoms with E-state index in [1.54, 1.807) is 7.05 Å². The summed E-state index contributed by atoms with van der Waals surface area (Å²) in [6.45, 7) is 4.17. The fraction of sp³-hybridized carbons (Fsp3) is 0.696. The maximum Gasteiger partial charge on any atom is 0.200 e. The number of hydrogen-bond donors (Lipinski definition) is 3. The SMILES string of the molecule is CN=C(NCc1cc(OC)c(O)c(OC)c1)NC1CCN(CC2CCCCC2)CC1. The van der Waals surface area contributed by atoms with Crippen molar-refractivity contribution in [3.05, 3.63) is 17.7 Å². The molecule has 0 atom stereocenters. The quantitative estimate of drug-likeness (QED) is 0.466. The molecular formula is C23H38N4O3. The van der Waals surface area contributed by atoms with Gasteiger partial charge in [0, 0.05) is 39.3 Å². The Labute approximate surface area is 180 Å². The second-order valence-corrected chi connectivity index (χ2v) is 8.50. The summed E-state index contributed by atoms with van der Waals surface area (Å²) in [4.78, 5) is 7.03. The second-order valence-electron chi connectivity index (χ2n) is 8.50. The Morgan fingerprint density at radius 2 is 1.70 bits per heavy atom. The number of aliphatic imine (C=N–C) groups is 1. The van der Waals surface area contributed by atoms with Crippen LogP contribution in [0.5, 0.6) is 17.2 Å². The van der Waals surface area contributed by atoms with E-state index in [1.165, 1.54) is 52.9 Å². The number of nitrogens with one attached hydrogen (secondary N) is 2. The Hall–Kier alpha value is -2.15. The first-order chi connectivity index (χ1) is 14.6. The lowest BCUT2D eigenvalue weighted by Crippen LogP contribution is -2.49. The summed E-state index contributed by atoms with van der Waals surface area (Å²) in [7, 11) is 4.87. The van der Waals surface area contributed by atoms with Crippen LogP contribution in [0.15, 0.2) is 17.1 Å². The molecule has 1 saturated carbocycles. The van der Waals surface area contributed by atoms with Crippen LogP contribution in [0.2, 0.25) is 0 Å². The number of benzene rings is 1. The molecule has 0 amide bonds. The van der Waals surface area contributed by atoms with Gasteiger partial charge in [-0.1, -0.05) is 19.3 Å². The molecule has 168 valence electrons. The summed E-state index contributed by atoms with van der Waals surface area (Å²) in [6.07, 6.45) is 9.40. The van der Waals surface area contributed by atoms with Crippen LogP contribution in [0.4, 0.5) is 0 Å². The van der Waals surface area contributed by atoms with Crippen molar-refractivity contribution < 1.29 is 14.6 Å². The molecule has 7 heteroatoms. The number of aromatic hydroxyl groups is 1.